The van der Waals surface area contributed by atoms with Crippen molar-refractivity contribution in [1.82, 2.24) is 14.9 Å². The van der Waals surface area contributed by atoms with Crippen molar-refractivity contribution in [2.45, 2.75) is 31.2 Å². The molecule has 0 bridgehead atoms. The Bertz CT molecular complexity index is 1020. The molecule has 1 aromatic heterocycles. The lowest BCUT2D eigenvalue weighted by Gasteiger charge is -2.08. The second-order valence-corrected chi connectivity index (χ2v) is 7.64. The van der Waals surface area contributed by atoms with Gasteiger partial charge in [0.25, 0.3) is 5.56 Å². The number of hydrogen-bond acceptors (Lipinski definition) is 4. The van der Waals surface area contributed by atoms with Crippen LogP contribution in [0.25, 0.3) is 10.9 Å². The average Bonchev–Trinajstić information content (AvgIpc) is 2.69. The SMILES string of the molecule is Cc1cccc2c(=O)n(CCC(=O)NCCCSc3ccc(F)cc3)cnc12. The van der Waals surface area contributed by atoms with Crippen LogP contribution < -0.4 is 10.9 Å². The van der Waals surface area contributed by atoms with Crippen LogP contribution in [-0.2, 0) is 11.3 Å². The Balaban J connectivity index is 1.42. The summed E-state index contributed by atoms with van der Waals surface area (Å²) in [7, 11) is 0. The first kappa shape index (κ1) is 20.1. The first-order valence-electron chi connectivity index (χ1n) is 9.14. The van der Waals surface area contributed by atoms with Crippen LogP contribution in [0.2, 0.25) is 0 Å². The van der Waals surface area contributed by atoms with Crippen LogP contribution in [0.4, 0.5) is 4.39 Å². The van der Waals surface area contributed by atoms with Crippen LogP contribution in [0.1, 0.15) is 18.4 Å². The van der Waals surface area contributed by atoms with Gasteiger partial charge in [0.2, 0.25) is 5.91 Å². The standard InChI is InChI=1S/C21H22FN3O2S/c1-15-4-2-5-18-20(15)24-14-25(21(18)27)12-10-19(26)23-11-3-13-28-17-8-6-16(22)7-9-17/h2,4-9,14H,3,10-13H2,1H3,(H,23,26). The van der Waals surface area contributed by atoms with E-state index in [-0.39, 0.29) is 23.7 Å². The molecule has 0 spiro atoms. The third kappa shape index (κ3) is 5.19. The first-order chi connectivity index (χ1) is 13.5. The van der Waals surface area contributed by atoms with Gasteiger partial charge in [-0.2, -0.15) is 0 Å². The zero-order valence-corrected chi connectivity index (χ0v) is 16.5. The predicted octanol–water partition coefficient (Wildman–Crippen LogP) is 3.53. The monoisotopic (exact) mass is 399 g/mol. The molecule has 0 unspecified atom stereocenters. The van der Waals surface area contributed by atoms with Gasteiger partial charge in [0.15, 0.2) is 0 Å². The highest BCUT2D eigenvalue weighted by atomic mass is 32.2. The number of hydrogen-bond donors (Lipinski definition) is 1. The van der Waals surface area contributed by atoms with Gasteiger partial charge < -0.3 is 5.32 Å². The number of nitrogens with zero attached hydrogens (tertiary/aromatic N) is 2. The molecule has 0 aliphatic heterocycles. The molecule has 0 radical (unpaired) electrons. The maximum atomic E-state index is 12.9. The number of rotatable bonds is 8. The molecule has 0 saturated carbocycles. The van der Waals surface area contributed by atoms with E-state index in [1.165, 1.54) is 23.0 Å². The number of nitrogens with one attached hydrogen (secondary N) is 1. The third-order valence-corrected chi connectivity index (χ3v) is 5.46. The largest absolute Gasteiger partial charge is 0.356 e. The second kappa shape index (κ2) is 9.50. The van der Waals surface area contributed by atoms with Crippen molar-refractivity contribution in [2.24, 2.45) is 0 Å². The van der Waals surface area contributed by atoms with Crippen molar-refractivity contribution in [3.63, 3.8) is 0 Å². The Morgan fingerprint density at radius 3 is 2.79 bits per heavy atom. The summed E-state index contributed by atoms with van der Waals surface area (Å²) >= 11 is 1.62. The van der Waals surface area contributed by atoms with Gasteiger partial charge in [0, 0.05) is 24.4 Å². The Kier molecular flexibility index (Phi) is 6.81. The highest BCUT2D eigenvalue weighted by molar-refractivity contribution is 7.99. The number of thioether (sulfide) groups is 1. The van der Waals surface area contributed by atoms with E-state index in [9.17, 15) is 14.0 Å². The van der Waals surface area contributed by atoms with E-state index in [4.69, 9.17) is 0 Å². The van der Waals surface area contributed by atoms with E-state index in [0.717, 1.165) is 22.6 Å². The fourth-order valence-corrected chi connectivity index (χ4v) is 3.68. The Labute approximate surface area is 167 Å². The van der Waals surface area contributed by atoms with E-state index in [2.05, 4.69) is 10.3 Å². The minimum atomic E-state index is -0.243. The predicted molar refractivity (Wildman–Crippen MR) is 110 cm³/mol. The van der Waals surface area contributed by atoms with Crippen molar-refractivity contribution in [3.8, 4) is 0 Å². The van der Waals surface area contributed by atoms with Crippen molar-refractivity contribution in [1.29, 1.82) is 0 Å². The molecule has 1 amide bonds. The highest BCUT2D eigenvalue weighted by Crippen LogP contribution is 2.18. The molecule has 0 saturated heterocycles. The lowest BCUT2D eigenvalue weighted by atomic mass is 10.1. The van der Waals surface area contributed by atoms with Gasteiger partial charge in [-0.05, 0) is 55.0 Å². The Morgan fingerprint density at radius 1 is 1.21 bits per heavy atom. The fourth-order valence-electron chi connectivity index (χ4n) is 2.83. The fraction of sp³-hybridized carbons (Fsp3) is 0.286. The molecular formula is C21H22FN3O2S. The molecule has 2 aromatic carbocycles. The molecule has 3 rings (SSSR count). The third-order valence-electron chi connectivity index (χ3n) is 4.36. The van der Waals surface area contributed by atoms with Crippen LogP contribution in [0.5, 0.6) is 0 Å². The summed E-state index contributed by atoms with van der Waals surface area (Å²) in [6, 6.07) is 11.9. The van der Waals surface area contributed by atoms with Gasteiger partial charge in [0.1, 0.15) is 5.82 Å². The zero-order chi connectivity index (χ0) is 19.9. The number of carbonyl (C=O) groups is 1. The van der Waals surface area contributed by atoms with Crippen molar-refractivity contribution in [2.75, 3.05) is 12.3 Å². The summed E-state index contributed by atoms with van der Waals surface area (Å²) in [5.41, 5.74) is 1.53. The summed E-state index contributed by atoms with van der Waals surface area (Å²) in [6.45, 7) is 2.78. The molecule has 1 N–H and O–H groups in total. The van der Waals surface area contributed by atoms with Gasteiger partial charge >= 0.3 is 0 Å². The van der Waals surface area contributed by atoms with Crippen LogP contribution in [0.3, 0.4) is 0 Å². The van der Waals surface area contributed by atoms with Crippen LogP contribution in [0.15, 0.2) is 58.5 Å². The molecule has 1 heterocycles. The second-order valence-electron chi connectivity index (χ2n) is 6.47. The number of aryl methyl sites for hydroxylation is 2. The number of aromatic nitrogens is 2. The highest BCUT2D eigenvalue weighted by Gasteiger charge is 2.07. The van der Waals surface area contributed by atoms with Gasteiger partial charge in [0.05, 0.1) is 17.2 Å². The molecule has 3 aromatic rings. The van der Waals surface area contributed by atoms with E-state index in [0.29, 0.717) is 24.0 Å². The number of benzene rings is 2. The van der Waals surface area contributed by atoms with E-state index in [1.54, 1.807) is 30.0 Å². The van der Waals surface area contributed by atoms with Crippen molar-refractivity contribution >= 4 is 28.6 Å². The molecular weight excluding hydrogens is 377 g/mol. The summed E-state index contributed by atoms with van der Waals surface area (Å²) in [5, 5.41) is 3.44. The summed E-state index contributed by atoms with van der Waals surface area (Å²) in [6.07, 6.45) is 2.54. The van der Waals surface area contributed by atoms with Crippen molar-refractivity contribution < 1.29 is 9.18 Å². The zero-order valence-electron chi connectivity index (χ0n) is 15.7. The maximum Gasteiger partial charge on any atom is 0.261 e. The average molecular weight is 399 g/mol. The molecule has 28 heavy (non-hydrogen) atoms. The maximum absolute atomic E-state index is 12.9. The summed E-state index contributed by atoms with van der Waals surface area (Å²) in [5.74, 6) is 0.495. The molecule has 0 aliphatic carbocycles. The summed E-state index contributed by atoms with van der Waals surface area (Å²) < 4.78 is 14.3. The van der Waals surface area contributed by atoms with Crippen LogP contribution in [0, 0.1) is 12.7 Å². The lowest BCUT2D eigenvalue weighted by molar-refractivity contribution is -0.121. The number of fused-ring (bicyclic) bond motifs is 1. The van der Waals surface area contributed by atoms with Gasteiger partial charge in [-0.15, -0.1) is 11.8 Å². The normalized spacial score (nSPS) is 10.9. The van der Waals surface area contributed by atoms with Gasteiger partial charge in [-0.25, -0.2) is 9.37 Å². The number of carbonyl (C=O) groups excluding carboxylic acids is 1. The molecule has 0 aliphatic rings. The topological polar surface area (TPSA) is 64.0 Å². The van der Waals surface area contributed by atoms with E-state index >= 15 is 0 Å². The molecule has 146 valence electrons. The smallest absolute Gasteiger partial charge is 0.261 e. The quantitative estimate of drug-likeness (QED) is 0.465. The Morgan fingerprint density at radius 2 is 2.00 bits per heavy atom. The first-order valence-corrected chi connectivity index (χ1v) is 10.1. The number of halogens is 1. The van der Waals surface area contributed by atoms with Gasteiger partial charge in [-0.3, -0.25) is 14.2 Å². The lowest BCUT2D eigenvalue weighted by Crippen LogP contribution is -2.28. The Hall–Kier alpha value is -2.67. The molecule has 0 atom stereocenters. The minimum Gasteiger partial charge on any atom is -0.356 e. The summed E-state index contributed by atoms with van der Waals surface area (Å²) in [4.78, 5) is 29.9. The van der Waals surface area contributed by atoms with Crippen molar-refractivity contribution in [3.05, 3.63) is 70.5 Å². The van der Waals surface area contributed by atoms with Crippen LogP contribution in [-0.4, -0.2) is 27.8 Å². The van der Waals surface area contributed by atoms with Crippen LogP contribution >= 0.6 is 11.8 Å². The van der Waals surface area contributed by atoms with E-state index in [1.807, 2.05) is 19.1 Å². The number of amides is 1. The van der Waals surface area contributed by atoms with E-state index < -0.39 is 0 Å². The molecule has 5 nitrogen and oxygen atoms in total. The molecule has 0 fully saturated rings. The minimum absolute atomic E-state index is 0.0944. The van der Waals surface area contributed by atoms with Gasteiger partial charge in [-0.1, -0.05) is 12.1 Å². The number of para-hydroxylation sites is 1. The molecule has 7 heteroatoms.